The summed E-state index contributed by atoms with van der Waals surface area (Å²) in [5.41, 5.74) is 1.34. The summed E-state index contributed by atoms with van der Waals surface area (Å²) in [4.78, 5) is 37.9. The van der Waals surface area contributed by atoms with E-state index in [2.05, 4.69) is 15.9 Å². The van der Waals surface area contributed by atoms with Gasteiger partial charge in [-0.1, -0.05) is 29.3 Å². The van der Waals surface area contributed by atoms with Gasteiger partial charge in [0.25, 0.3) is 11.1 Å². The lowest BCUT2D eigenvalue weighted by atomic mass is 10.1. The number of carbonyl (C=O) groups excluding carboxylic acids is 3. The lowest BCUT2D eigenvalue weighted by Gasteiger charge is -2.14. The molecule has 0 saturated carbocycles. The first kappa shape index (κ1) is 26.4. The molecular weight excluding hydrogens is 569 g/mol. The Morgan fingerprint density at radius 2 is 1.94 bits per heavy atom. The molecule has 0 radical (unpaired) electrons. The van der Waals surface area contributed by atoms with Crippen molar-refractivity contribution >= 4 is 74.1 Å². The highest BCUT2D eigenvalue weighted by molar-refractivity contribution is 9.10. The second-order valence-corrected chi connectivity index (χ2v) is 10.1. The number of esters is 1. The first-order valence-electron chi connectivity index (χ1n) is 9.98. The van der Waals surface area contributed by atoms with Crippen LogP contribution in [0, 0.1) is 0 Å². The quantitative estimate of drug-likeness (QED) is 0.263. The zero-order valence-corrected chi connectivity index (χ0v) is 22.3. The molecule has 0 N–H and O–H groups in total. The van der Waals surface area contributed by atoms with E-state index in [1.54, 1.807) is 50.3 Å². The van der Waals surface area contributed by atoms with E-state index in [1.165, 1.54) is 7.11 Å². The van der Waals surface area contributed by atoms with Crippen molar-refractivity contribution < 1.29 is 28.6 Å². The van der Waals surface area contributed by atoms with Crippen molar-refractivity contribution in [2.45, 2.75) is 26.6 Å². The molecule has 180 valence electrons. The van der Waals surface area contributed by atoms with Crippen LogP contribution in [0.4, 0.5) is 4.79 Å². The van der Waals surface area contributed by atoms with Gasteiger partial charge in [0.2, 0.25) is 0 Å². The van der Waals surface area contributed by atoms with Gasteiger partial charge in [-0.15, -0.1) is 0 Å². The fourth-order valence-electron chi connectivity index (χ4n) is 2.97. The second kappa shape index (κ2) is 11.5. The molecule has 7 nitrogen and oxygen atoms in total. The smallest absolute Gasteiger partial charge is 0.326 e. The topological polar surface area (TPSA) is 82.1 Å². The van der Waals surface area contributed by atoms with Gasteiger partial charge in [-0.3, -0.25) is 19.3 Å². The summed E-state index contributed by atoms with van der Waals surface area (Å²) in [6.45, 7) is 3.12. The maximum atomic E-state index is 12.7. The number of carbonyl (C=O) groups is 3. The van der Waals surface area contributed by atoms with Gasteiger partial charge >= 0.3 is 5.97 Å². The summed E-state index contributed by atoms with van der Waals surface area (Å²) < 4.78 is 17.0. The predicted octanol–water partition coefficient (Wildman–Crippen LogP) is 6.33. The summed E-state index contributed by atoms with van der Waals surface area (Å²) in [6, 6.07) is 8.52. The minimum atomic E-state index is -0.648. The number of hydrogen-bond acceptors (Lipinski definition) is 7. The number of imide groups is 1. The van der Waals surface area contributed by atoms with Crippen LogP contribution in [0.25, 0.3) is 6.08 Å². The molecule has 1 saturated heterocycles. The molecule has 2 aromatic rings. The van der Waals surface area contributed by atoms with Gasteiger partial charge in [-0.05, 0) is 77.4 Å². The Labute approximate surface area is 219 Å². The van der Waals surface area contributed by atoms with E-state index in [-0.39, 0.29) is 17.6 Å². The molecule has 0 bridgehead atoms. The van der Waals surface area contributed by atoms with Gasteiger partial charge in [-0.25, -0.2) is 0 Å². The van der Waals surface area contributed by atoms with Crippen molar-refractivity contribution in [1.29, 1.82) is 0 Å². The maximum Gasteiger partial charge on any atom is 0.326 e. The summed E-state index contributed by atoms with van der Waals surface area (Å²) in [5, 5.41) is 0.466. The summed E-state index contributed by atoms with van der Waals surface area (Å²) >= 11 is 16.4. The summed E-state index contributed by atoms with van der Waals surface area (Å²) in [7, 11) is 1.49. The number of amides is 2. The van der Waals surface area contributed by atoms with E-state index in [1.807, 2.05) is 0 Å². The number of hydrogen-bond donors (Lipinski definition) is 0. The van der Waals surface area contributed by atoms with E-state index in [0.717, 1.165) is 22.2 Å². The van der Waals surface area contributed by atoms with Crippen LogP contribution in [0.3, 0.4) is 0 Å². The molecule has 3 rings (SSSR count). The number of ether oxygens (including phenoxy) is 3. The average Bonchev–Trinajstić information content (AvgIpc) is 3.00. The maximum absolute atomic E-state index is 12.7. The first-order valence-corrected chi connectivity index (χ1v) is 12.3. The van der Waals surface area contributed by atoms with Gasteiger partial charge in [0, 0.05) is 15.6 Å². The number of halogens is 3. The second-order valence-electron chi connectivity index (χ2n) is 7.36. The number of thioether (sulfide) groups is 1. The van der Waals surface area contributed by atoms with Crippen LogP contribution in [0.5, 0.6) is 11.5 Å². The molecular formula is C23H20BrCl2NO6S. The lowest BCUT2D eigenvalue weighted by molar-refractivity contribution is -0.149. The van der Waals surface area contributed by atoms with Crippen molar-refractivity contribution in [2.24, 2.45) is 0 Å². The van der Waals surface area contributed by atoms with Crippen LogP contribution in [0.2, 0.25) is 10.0 Å². The molecule has 0 atom stereocenters. The van der Waals surface area contributed by atoms with Crippen molar-refractivity contribution in [3.8, 4) is 11.5 Å². The van der Waals surface area contributed by atoms with Gasteiger partial charge in [0.1, 0.15) is 13.2 Å². The molecule has 1 fully saturated rings. The zero-order valence-electron chi connectivity index (χ0n) is 18.4. The third-order valence-corrected chi connectivity index (χ3v) is 6.55. The van der Waals surface area contributed by atoms with Crippen molar-refractivity contribution in [3.63, 3.8) is 0 Å². The molecule has 0 unspecified atom stereocenters. The molecule has 1 aliphatic rings. The first-order chi connectivity index (χ1) is 16.1. The minimum Gasteiger partial charge on any atom is -0.493 e. The van der Waals surface area contributed by atoms with E-state index in [4.69, 9.17) is 37.4 Å². The summed E-state index contributed by atoms with van der Waals surface area (Å²) in [5.74, 6) is -0.366. The number of rotatable bonds is 8. The van der Waals surface area contributed by atoms with E-state index >= 15 is 0 Å². The van der Waals surface area contributed by atoms with Crippen LogP contribution in [-0.4, -0.2) is 41.8 Å². The summed E-state index contributed by atoms with van der Waals surface area (Å²) in [6.07, 6.45) is 1.20. The number of methoxy groups -OCH3 is 1. The molecule has 2 amide bonds. The highest BCUT2D eigenvalue weighted by Crippen LogP contribution is 2.39. The predicted molar refractivity (Wildman–Crippen MR) is 135 cm³/mol. The molecule has 11 heteroatoms. The monoisotopic (exact) mass is 587 g/mol. The minimum absolute atomic E-state index is 0.176. The molecule has 2 aromatic carbocycles. The van der Waals surface area contributed by atoms with E-state index in [0.29, 0.717) is 31.6 Å². The SMILES string of the molecule is COc1cc(/C=C2/SC(=O)N(CC(=O)OC(C)C)C2=O)cc(Br)c1OCc1ccc(Cl)cc1Cl. The Morgan fingerprint density at radius 3 is 2.59 bits per heavy atom. The lowest BCUT2D eigenvalue weighted by Crippen LogP contribution is -2.35. The molecule has 34 heavy (non-hydrogen) atoms. The zero-order chi connectivity index (χ0) is 25.0. The molecule has 1 aliphatic heterocycles. The Morgan fingerprint density at radius 1 is 1.21 bits per heavy atom. The largest absolute Gasteiger partial charge is 0.493 e. The van der Waals surface area contributed by atoms with E-state index < -0.39 is 23.7 Å². The number of nitrogens with zero attached hydrogens (tertiary/aromatic N) is 1. The molecule has 0 aromatic heterocycles. The fourth-order valence-corrected chi connectivity index (χ4v) is 4.84. The molecule has 0 aliphatic carbocycles. The third kappa shape index (κ3) is 6.47. The van der Waals surface area contributed by atoms with Crippen molar-refractivity contribution in [2.75, 3.05) is 13.7 Å². The van der Waals surface area contributed by atoms with Gasteiger partial charge in [0.15, 0.2) is 11.5 Å². The van der Waals surface area contributed by atoms with Gasteiger partial charge < -0.3 is 14.2 Å². The van der Waals surface area contributed by atoms with Crippen LogP contribution < -0.4 is 9.47 Å². The standard InChI is InChI=1S/C23H20BrCl2NO6S/c1-12(2)33-20(28)10-27-22(29)19(34-23(27)30)8-13-6-16(24)21(18(7-13)31-3)32-11-14-4-5-15(25)9-17(14)26/h4-9,12H,10-11H2,1-3H3/b19-8+. The highest BCUT2D eigenvalue weighted by Gasteiger charge is 2.36. The Hall–Kier alpha value is -2.20. The van der Waals surface area contributed by atoms with Crippen LogP contribution in [-0.2, 0) is 20.9 Å². The van der Waals surface area contributed by atoms with Gasteiger partial charge in [0.05, 0.1) is 22.6 Å². The van der Waals surface area contributed by atoms with Crippen LogP contribution >= 0.6 is 50.9 Å². The average molecular weight is 589 g/mol. The van der Waals surface area contributed by atoms with Crippen molar-refractivity contribution in [1.82, 2.24) is 4.90 Å². The van der Waals surface area contributed by atoms with Crippen molar-refractivity contribution in [3.05, 3.63) is 60.9 Å². The van der Waals surface area contributed by atoms with E-state index in [9.17, 15) is 14.4 Å². The fraction of sp³-hybridized carbons (Fsp3) is 0.261. The Balaban J connectivity index is 1.79. The van der Waals surface area contributed by atoms with Crippen LogP contribution in [0.1, 0.15) is 25.0 Å². The normalized spacial score (nSPS) is 14.8. The highest BCUT2D eigenvalue weighted by atomic mass is 79.9. The van der Waals surface area contributed by atoms with Crippen LogP contribution in [0.15, 0.2) is 39.7 Å². The third-order valence-electron chi connectivity index (χ3n) is 4.46. The molecule has 0 spiro atoms. The Kier molecular flexibility index (Phi) is 8.92. The van der Waals surface area contributed by atoms with Gasteiger partial charge in [-0.2, -0.15) is 0 Å². The Bertz CT molecular complexity index is 1170. The number of benzene rings is 2. The molecule has 1 heterocycles.